The van der Waals surface area contributed by atoms with Crippen LogP contribution >= 0.6 is 0 Å². The third-order valence-corrected chi connectivity index (χ3v) is 6.51. The average molecular weight is 387 g/mol. The Bertz CT molecular complexity index is 767. The maximum absolute atomic E-state index is 13.1. The SMILES string of the molecule is COc1cc(NC(=O)C2CC23CCNCC3)c(C(=O)N2CCCC2)cc1OC. The highest BCUT2D eigenvalue weighted by atomic mass is 16.5. The molecule has 0 bridgehead atoms. The fraction of sp³-hybridized carbons (Fsp3) is 0.619. The van der Waals surface area contributed by atoms with E-state index in [4.69, 9.17) is 9.47 Å². The molecule has 28 heavy (non-hydrogen) atoms. The molecule has 152 valence electrons. The lowest BCUT2D eigenvalue weighted by atomic mass is 9.91. The first kappa shape index (κ1) is 19.1. The number of carbonyl (C=O) groups is 2. The van der Waals surface area contributed by atoms with Crippen molar-refractivity contribution in [3.8, 4) is 11.5 Å². The molecule has 1 aromatic carbocycles. The second-order valence-corrected chi connectivity index (χ2v) is 8.11. The summed E-state index contributed by atoms with van der Waals surface area (Å²) in [5.41, 5.74) is 1.12. The molecule has 1 aliphatic carbocycles. The molecule has 3 fully saturated rings. The molecule has 1 spiro atoms. The molecule has 0 radical (unpaired) electrons. The molecule has 7 nitrogen and oxygen atoms in total. The van der Waals surface area contributed by atoms with E-state index in [1.807, 2.05) is 4.90 Å². The Labute approximate surface area is 165 Å². The quantitative estimate of drug-likeness (QED) is 0.810. The lowest BCUT2D eigenvalue weighted by Crippen LogP contribution is -2.32. The van der Waals surface area contributed by atoms with Gasteiger partial charge in [0.25, 0.3) is 5.91 Å². The van der Waals surface area contributed by atoms with Crippen LogP contribution in [0.2, 0.25) is 0 Å². The summed E-state index contributed by atoms with van der Waals surface area (Å²) in [7, 11) is 3.10. The van der Waals surface area contributed by atoms with Crippen LogP contribution in [-0.4, -0.2) is 57.1 Å². The number of likely N-dealkylation sites (tertiary alicyclic amines) is 1. The zero-order valence-corrected chi connectivity index (χ0v) is 16.7. The number of methoxy groups -OCH3 is 2. The Morgan fingerprint density at radius 2 is 1.75 bits per heavy atom. The molecule has 1 unspecified atom stereocenters. The van der Waals surface area contributed by atoms with E-state index in [0.717, 1.165) is 58.3 Å². The summed E-state index contributed by atoms with van der Waals surface area (Å²) < 4.78 is 10.8. The van der Waals surface area contributed by atoms with Crippen LogP contribution in [0.15, 0.2) is 12.1 Å². The molecule has 4 rings (SSSR count). The van der Waals surface area contributed by atoms with Gasteiger partial charge in [-0.05, 0) is 56.7 Å². The second-order valence-electron chi connectivity index (χ2n) is 8.11. The van der Waals surface area contributed by atoms with E-state index in [-0.39, 0.29) is 23.1 Å². The molecule has 2 saturated heterocycles. The summed E-state index contributed by atoms with van der Waals surface area (Å²) in [5.74, 6) is 0.954. The van der Waals surface area contributed by atoms with Crippen molar-refractivity contribution in [3.05, 3.63) is 17.7 Å². The molecule has 2 aliphatic heterocycles. The minimum absolute atomic E-state index is 0.00425. The number of amides is 2. The van der Waals surface area contributed by atoms with Crippen LogP contribution in [0.3, 0.4) is 0 Å². The number of ether oxygens (including phenoxy) is 2. The van der Waals surface area contributed by atoms with Gasteiger partial charge in [-0.3, -0.25) is 9.59 Å². The number of hydrogen-bond donors (Lipinski definition) is 2. The summed E-state index contributed by atoms with van der Waals surface area (Å²) in [6, 6.07) is 3.39. The molecule has 7 heteroatoms. The summed E-state index contributed by atoms with van der Waals surface area (Å²) in [4.78, 5) is 27.9. The molecular weight excluding hydrogens is 358 g/mol. The smallest absolute Gasteiger partial charge is 0.256 e. The molecule has 2 heterocycles. The number of rotatable bonds is 5. The topological polar surface area (TPSA) is 79.9 Å². The van der Waals surface area contributed by atoms with Crippen LogP contribution in [0.5, 0.6) is 11.5 Å². The predicted molar refractivity (Wildman–Crippen MR) is 106 cm³/mol. The van der Waals surface area contributed by atoms with E-state index in [0.29, 0.717) is 22.7 Å². The van der Waals surface area contributed by atoms with Crippen LogP contribution in [-0.2, 0) is 4.79 Å². The number of anilines is 1. The lowest BCUT2D eigenvalue weighted by molar-refractivity contribution is -0.118. The number of hydrogen-bond acceptors (Lipinski definition) is 5. The van der Waals surface area contributed by atoms with Gasteiger partial charge in [-0.1, -0.05) is 0 Å². The predicted octanol–water partition coefficient (Wildman–Crippen LogP) is 2.27. The number of carbonyl (C=O) groups excluding carboxylic acids is 2. The third-order valence-electron chi connectivity index (χ3n) is 6.51. The van der Waals surface area contributed by atoms with Gasteiger partial charge in [-0.2, -0.15) is 0 Å². The van der Waals surface area contributed by atoms with E-state index >= 15 is 0 Å². The fourth-order valence-corrected chi connectivity index (χ4v) is 4.67. The van der Waals surface area contributed by atoms with Crippen molar-refractivity contribution in [1.82, 2.24) is 10.2 Å². The van der Waals surface area contributed by atoms with Gasteiger partial charge in [-0.25, -0.2) is 0 Å². The van der Waals surface area contributed by atoms with Crippen LogP contribution in [0.25, 0.3) is 0 Å². The number of nitrogens with one attached hydrogen (secondary N) is 2. The maximum atomic E-state index is 13.1. The van der Waals surface area contributed by atoms with Gasteiger partial charge in [0.15, 0.2) is 11.5 Å². The largest absolute Gasteiger partial charge is 0.493 e. The molecule has 3 aliphatic rings. The molecule has 1 saturated carbocycles. The van der Waals surface area contributed by atoms with Crippen molar-refractivity contribution >= 4 is 17.5 Å². The Hall–Kier alpha value is -2.28. The highest BCUT2D eigenvalue weighted by molar-refractivity contribution is 6.05. The first-order chi connectivity index (χ1) is 13.6. The van der Waals surface area contributed by atoms with E-state index in [2.05, 4.69) is 10.6 Å². The lowest BCUT2D eigenvalue weighted by Gasteiger charge is -2.23. The fourth-order valence-electron chi connectivity index (χ4n) is 4.67. The molecular formula is C21H29N3O4. The van der Waals surface area contributed by atoms with Crippen LogP contribution in [0.1, 0.15) is 42.5 Å². The molecule has 1 atom stereocenters. The second kappa shape index (κ2) is 7.62. The monoisotopic (exact) mass is 387 g/mol. The summed E-state index contributed by atoms with van der Waals surface area (Å²) in [5, 5.41) is 6.39. The minimum Gasteiger partial charge on any atom is -0.493 e. The first-order valence-corrected chi connectivity index (χ1v) is 10.1. The van der Waals surface area contributed by atoms with Gasteiger partial charge < -0.3 is 25.0 Å². The number of nitrogens with zero attached hydrogens (tertiary/aromatic N) is 1. The van der Waals surface area contributed by atoms with Gasteiger partial charge in [0, 0.05) is 25.1 Å². The Kier molecular flexibility index (Phi) is 5.19. The van der Waals surface area contributed by atoms with Gasteiger partial charge in [0.1, 0.15) is 0 Å². The molecule has 2 N–H and O–H groups in total. The van der Waals surface area contributed by atoms with Crippen molar-refractivity contribution < 1.29 is 19.1 Å². The molecule has 2 amide bonds. The first-order valence-electron chi connectivity index (χ1n) is 10.1. The number of piperidine rings is 1. The average Bonchev–Trinajstić information content (AvgIpc) is 3.15. The van der Waals surface area contributed by atoms with E-state index in [9.17, 15) is 9.59 Å². The van der Waals surface area contributed by atoms with Crippen LogP contribution in [0, 0.1) is 11.3 Å². The summed E-state index contributed by atoms with van der Waals surface area (Å²) in [6.45, 7) is 3.44. The Morgan fingerprint density at radius 3 is 2.39 bits per heavy atom. The van der Waals surface area contributed by atoms with Gasteiger partial charge >= 0.3 is 0 Å². The molecule has 1 aromatic rings. The third kappa shape index (κ3) is 3.43. The zero-order valence-electron chi connectivity index (χ0n) is 16.7. The minimum atomic E-state index is -0.0684. The van der Waals surface area contributed by atoms with Crippen molar-refractivity contribution in [3.63, 3.8) is 0 Å². The summed E-state index contributed by atoms with van der Waals surface area (Å²) in [6.07, 6.45) is 5.04. The van der Waals surface area contributed by atoms with Crippen molar-refractivity contribution in [1.29, 1.82) is 0 Å². The van der Waals surface area contributed by atoms with E-state index in [1.165, 1.54) is 0 Å². The van der Waals surface area contributed by atoms with Crippen molar-refractivity contribution in [2.75, 3.05) is 45.7 Å². The Morgan fingerprint density at radius 1 is 1.11 bits per heavy atom. The zero-order chi connectivity index (χ0) is 19.7. The van der Waals surface area contributed by atoms with Crippen molar-refractivity contribution in [2.24, 2.45) is 11.3 Å². The highest BCUT2D eigenvalue weighted by Gasteiger charge is 2.57. The Balaban J connectivity index is 1.59. The normalized spacial score (nSPS) is 22.8. The van der Waals surface area contributed by atoms with Gasteiger partial charge in [0.2, 0.25) is 5.91 Å². The van der Waals surface area contributed by atoms with Gasteiger partial charge in [0.05, 0.1) is 25.5 Å². The van der Waals surface area contributed by atoms with Crippen molar-refractivity contribution in [2.45, 2.75) is 32.1 Å². The highest BCUT2D eigenvalue weighted by Crippen LogP contribution is 2.58. The van der Waals surface area contributed by atoms with E-state index < -0.39 is 0 Å². The number of benzene rings is 1. The standard InChI is InChI=1S/C21H29N3O4/c1-27-17-11-14(20(26)24-9-3-4-10-24)16(12-18(17)28-2)23-19(25)15-13-21(15)5-7-22-8-6-21/h11-12,15,22H,3-10,13H2,1-2H3,(H,23,25). The van der Waals surface area contributed by atoms with Gasteiger partial charge in [-0.15, -0.1) is 0 Å². The van der Waals surface area contributed by atoms with E-state index in [1.54, 1.807) is 26.4 Å². The molecule has 0 aromatic heterocycles. The maximum Gasteiger partial charge on any atom is 0.256 e. The van der Waals surface area contributed by atoms with Crippen LogP contribution in [0.4, 0.5) is 5.69 Å². The van der Waals surface area contributed by atoms with Crippen LogP contribution < -0.4 is 20.1 Å². The summed E-state index contributed by atoms with van der Waals surface area (Å²) >= 11 is 0.